The van der Waals surface area contributed by atoms with Gasteiger partial charge in [0.05, 0.1) is 6.54 Å². The maximum Gasteiger partial charge on any atom is 0.328 e. The van der Waals surface area contributed by atoms with Gasteiger partial charge in [0.25, 0.3) is 0 Å². The van der Waals surface area contributed by atoms with E-state index in [1.807, 2.05) is 13.0 Å². The van der Waals surface area contributed by atoms with Gasteiger partial charge in [-0.25, -0.2) is 9.59 Å². The first-order chi connectivity index (χ1) is 7.59. The fraction of sp³-hybridized carbons (Fsp3) is 0.273. The van der Waals surface area contributed by atoms with Crippen molar-refractivity contribution in [2.45, 2.75) is 13.0 Å². The van der Waals surface area contributed by atoms with Crippen molar-refractivity contribution in [1.82, 2.24) is 5.32 Å². The molecule has 5 nitrogen and oxygen atoms in total. The second-order valence-electron chi connectivity index (χ2n) is 3.75. The molecule has 0 saturated carbocycles. The molecule has 1 heterocycles. The number of aliphatic carboxylic acids is 1. The highest BCUT2D eigenvalue weighted by molar-refractivity contribution is 6.01. The Morgan fingerprint density at radius 3 is 2.94 bits per heavy atom. The molecule has 2 rings (SSSR count). The van der Waals surface area contributed by atoms with Crippen molar-refractivity contribution in [2.24, 2.45) is 0 Å². The molecular formula is C11H12N2O3. The van der Waals surface area contributed by atoms with E-state index in [1.165, 1.54) is 4.90 Å². The zero-order valence-corrected chi connectivity index (χ0v) is 8.80. The van der Waals surface area contributed by atoms with Crippen molar-refractivity contribution in [3.63, 3.8) is 0 Å². The van der Waals surface area contributed by atoms with Gasteiger partial charge in [0, 0.05) is 5.69 Å². The zero-order chi connectivity index (χ0) is 11.7. The van der Waals surface area contributed by atoms with Crippen molar-refractivity contribution in [2.75, 3.05) is 11.4 Å². The summed E-state index contributed by atoms with van der Waals surface area (Å²) in [7, 11) is 0. The molecule has 0 radical (unpaired) electrons. The number of aryl methyl sites for hydroxylation is 1. The molecule has 2 N–H and O–H groups in total. The molecule has 1 aliphatic rings. The van der Waals surface area contributed by atoms with Crippen molar-refractivity contribution in [3.05, 3.63) is 29.8 Å². The van der Waals surface area contributed by atoms with Gasteiger partial charge in [0.1, 0.15) is 0 Å². The average Bonchev–Trinajstić information content (AvgIpc) is 2.60. The Labute approximate surface area is 92.7 Å². The summed E-state index contributed by atoms with van der Waals surface area (Å²) in [5.41, 5.74) is 1.60. The number of nitrogens with one attached hydrogen (secondary N) is 1. The largest absolute Gasteiger partial charge is 0.480 e. The van der Waals surface area contributed by atoms with Crippen LogP contribution in [0, 0.1) is 6.92 Å². The van der Waals surface area contributed by atoms with Gasteiger partial charge in [-0.05, 0) is 24.6 Å². The lowest BCUT2D eigenvalue weighted by atomic mass is 10.2. The van der Waals surface area contributed by atoms with Crippen LogP contribution in [-0.2, 0) is 4.79 Å². The maximum absolute atomic E-state index is 11.6. The Kier molecular flexibility index (Phi) is 2.52. The predicted molar refractivity (Wildman–Crippen MR) is 58.5 cm³/mol. The number of carbonyl (C=O) groups is 2. The van der Waals surface area contributed by atoms with E-state index in [2.05, 4.69) is 5.32 Å². The molecule has 0 aromatic heterocycles. The third-order valence-electron chi connectivity index (χ3n) is 2.54. The third-order valence-corrected chi connectivity index (χ3v) is 2.54. The quantitative estimate of drug-likeness (QED) is 0.780. The molecule has 1 aromatic rings. The van der Waals surface area contributed by atoms with Crippen LogP contribution in [0.2, 0.25) is 0 Å². The van der Waals surface area contributed by atoms with Crippen molar-refractivity contribution >= 4 is 17.7 Å². The predicted octanol–water partition coefficient (Wildman–Crippen LogP) is 0.978. The lowest BCUT2D eigenvalue weighted by Crippen LogP contribution is -2.39. The van der Waals surface area contributed by atoms with Crippen LogP contribution < -0.4 is 10.2 Å². The summed E-state index contributed by atoms with van der Waals surface area (Å²) in [4.78, 5) is 23.8. The number of carbonyl (C=O) groups excluding carboxylic acids is 1. The summed E-state index contributed by atoms with van der Waals surface area (Å²) in [6.07, 6.45) is 0. The van der Waals surface area contributed by atoms with Crippen molar-refractivity contribution in [1.29, 1.82) is 0 Å². The summed E-state index contributed by atoms with van der Waals surface area (Å²) in [5.74, 6) is -1.00. The Balaban J connectivity index is 2.37. The molecule has 1 atom stereocenters. The Morgan fingerprint density at radius 1 is 1.56 bits per heavy atom. The number of anilines is 1. The highest BCUT2D eigenvalue weighted by atomic mass is 16.4. The number of benzene rings is 1. The van der Waals surface area contributed by atoms with Gasteiger partial charge in [0.2, 0.25) is 0 Å². The number of carboxylic acids is 1. The number of urea groups is 1. The molecule has 0 bridgehead atoms. The molecule has 1 fully saturated rings. The molecule has 0 aliphatic carbocycles. The summed E-state index contributed by atoms with van der Waals surface area (Å²) in [6, 6.07) is 6.03. The van der Waals surface area contributed by atoms with Gasteiger partial charge in [-0.3, -0.25) is 4.90 Å². The fourth-order valence-corrected chi connectivity index (χ4v) is 1.77. The van der Waals surface area contributed by atoms with E-state index in [9.17, 15) is 9.59 Å². The Hall–Kier alpha value is -2.04. The van der Waals surface area contributed by atoms with E-state index in [1.54, 1.807) is 18.2 Å². The van der Waals surface area contributed by atoms with Crippen LogP contribution >= 0.6 is 0 Å². The summed E-state index contributed by atoms with van der Waals surface area (Å²) in [6.45, 7) is 2.04. The van der Waals surface area contributed by atoms with Crippen LogP contribution in [0.3, 0.4) is 0 Å². The number of hydrogen-bond donors (Lipinski definition) is 2. The number of hydrogen-bond acceptors (Lipinski definition) is 2. The summed E-state index contributed by atoms with van der Waals surface area (Å²) in [5, 5.41) is 11.5. The zero-order valence-electron chi connectivity index (χ0n) is 8.80. The summed E-state index contributed by atoms with van der Waals surface area (Å²) >= 11 is 0. The monoisotopic (exact) mass is 220 g/mol. The number of amides is 2. The van der Waals surface area contributed by atoms with Crippen LogP contribution in [0.25, 0.3) is 0 Å². The maximum atomic E-state index is 11.6. The average molecular weight is 220 g/mol. The Morgan fingerprint density at radius 2 is 2.31 bits per heavy atom. The van der Waals surface area contributed by atoms with Crippen LogP contribution in [0.5, 0.6) is 0 Å². The van der Waals surface area contributed by atoms with Crippen LogP contribution in [0.4, 0.5) is 10.5 Å². The van der Waals surface area contributed by atoms with Crippen molar-refractivity contribution < 1.29 is 14.7 Å². The first kappa shape index (κ1) is 10.5. The lowest BCUT2D eigenvalue weighted by Gasteiger charge is -2.20. The van der Waals surface area contributed by atoms with Crippen LogP contribution in [-0.4, -0.2) is 29.7 Å². The number of rotatable bonds is 2. The van der Waals surface area contributed by atoms with E-state index in [4.69, 9.17) is 5.11 Å². The molecule has 1 saturated heterocycles. The number of nitrogens with zero attached hydrogens (tertiary/aromatic N) is 1. The number of carboxylic acid groups (broad SMARTS) is 1. The highest BCUT2D eigenvalue weighted by Crippen LogP contribution is 2.21. The minimum Gasteiger partial charge on any atom is -0.480 e. The standard InChI is InChI=1S/C11H12N2O3/c1-7-3-2-4-8(5-7)13-9(10(14)15)6-12-11(13)16/h2-5,9H,6H2,1H3,(H,12,16)(H,14,15). The smallest absolute Gasteiger partial charge is 0.328 e. The fourth-order valence-electron chi connectivity index (χ4n) is 1.77. The minimum atomic E-state index is -1.00. The first-order valence-electron chi connectivity index (χ1n) is 4.96. The van der Waals surface area contributed by atoms with E-state index in [0.717, 1.165) is 5.56 Å². The summed E-state index contributed by atoms with van der Waals surface area (Å²) < 4.78 is 0. The second kappa shape index (κ2) is 3.84. The van der Waals surface area contributed by atoms with Crippen LogP contribution in [0.1, 0.15) is 5.56 Å². The molecule has 1 aliphatic heterocycles. The van der Waals surface area contributed by atoms with E-state index in [0.29, 0.717) is 5.69 Å². The van der Waals surface area contributed by atoms with Crippen LogP contribution in [0.15, 0.2) is 24.3 Å². The molecule has 1 unspecified atom stereocenters. The third kappa shape index (κ3) is 1.71. The van der Waals surface area contributed by atoms with Gasteiger partial charge in [-0.1, -0.05) is 12.1 Å². The van der Waals surface area contributed by atoms with Gasteiger partial charge in [-0.15, -0.1) is 0 Å². The van der Waals surface area contributed by atoms with Gasteiger partial charge in [-0.2, -0.15) is 0 Å². The van der Waals surface area contributed by atoms with Crippen molar-refractivity contribution in [3.8, 4) is 0 Å². The van der Waals surface area contributed by atoms with Gasteiger partial charge in [0.15, 0.2) is 6.04 Å². The molecule has 0 spiro atoms. The SMILES string of the molecule is Cc1cccc(N2C(=O)NCC2C(=O)O)c1. The van der Waals surface area contributed by atoms with E-state index in [-0.39, 0.29) is 12.6 Å². The van der Waals surface area contributed by atoms with Gasteiger partial charge < -0.3 is 10.4 Å². The van der Waals surface area contributed by atoms with E-state index >= 15 is 0 Å². The molecule has 16 heavy (non-hydrogen) atoms. The highest BCUT2D eigenvalue weighted by Gasteiger charge is 2.36. The van der Waals surface area contributed by atoms with Gasteiger partial charge >= 0.3 is 12.0 Å². The first-order valence-corrected chi connectivity index (χ1v) is 4.96. The Bertz CT molecular complexity index is 445. The second-order valence-corrected chi connectivity index (χ2v) is 3.75. The molecule has 84 valence electrons. The molecule has 5 heteroatoms. The lowest BCUT2D eigenvalue weighted by molar-refractivity contribution is -0.137. The normalized spacial score (nSPS) is 19.7. The molecule has 2 amide bonds. The molecular weight excluding hydrogens is 208 g/mol. The molecule has 1 aromatic carbocycles. The van der Waals surface area contributed by atoms with E-state index < -0.39 is 12.0 Å². The topological polar surface area (TPSA) is 69.6 Å². The minimum absolute atomic E-state index is 0.141.